The smallest absolute Gasteiger partial charge is 0.337 e. The number of hydrogen-bond acceptors (Lipinski definition) is 16. The first kappa shape index (κ1) is 52.0. The molecule has 16 heteroatoms. The highest BCUT2D eigenvalue weighted by Gasteiger charge is 2.38. The molecule has 0 aromatic carbocycles. The molecular formula is C39H68O16. The Morgan fingerprint density at radius 3 is 1.05 bits per heavy atom. The molecule has 4 atom stereocenters. The SMILES string of the molecule is CC(O)COC(=O)CCC(=O)C(C)(C)OC(C)COC(=O)C(C)(C)OCC(C)(C)COC(C)(C)C(=O)OCC(C)OC(C)(C)C(=O)CCC(=O)OCC(C)O. The van der Waals surface area contributed by atoms with Crippen LogP contribution >= 0.6 is 0 Å². The van der Waals surface area contributed by atoms with Crippen LogP contribution in [0.5, 0.6) is 0 Å². The lowest BCUT2D eigenvalue weighted by atomic mass is 9.95. The van der Waals surface area contributed by atoms with E-state index in [-0.39, 0.29) is 76.9 Å². The number of carbonyl (C=O) groups is 6. The minimum absolute atomic E-state index is 0.0553. The van der Waals surface area contributed by atoms with Crippen LogP contribution in [0.3, 0.4) is 0 Å². The van der Waals surface area contributed by atoms with Crippen LogP contribution < -0.4 is 0 Å². The third-order valence-corrected chi connectivity index (χ3v) is 7.95. The molecule has 16 nitrogen and oxygen atoms in total. The fraction of sp³-hybridized carbons (Fsp3) is 0.846. The molecule has 4 unspecified atom stereocenters. The van der Waals surface area contributed by atoms with Crippen molar-refractivity contribution in [2.24, 2.45) is 5.41 Å². The van der Waals surface area contributed by atoms with E-state index in [1.165, 1.54) is 13.8 Å². The highest BCUT2D eigenvalue weighted by Crippen LogP contribution is 2.25. The molecule has 0 spiro atoms. The van der Waals surface area contributed by atoms with Crippen LogP contribution in [0.1, 0.15) is 123 Å². The molecule has 0 fully saturated rings. The van der Waals surface area contributed by atoms with E-state index in [4.69, 9.17) is 37.9 Å². The Hall–Kier alpha value is -3.02. The topological polar surface area (TPSA) is 217 Å². The Balaban J connectivity index is 4.83. The summed E-state index contributed by atoms with van der Waals surface area (Å²) in [5.74, 6) is -3.22. The minimum atomic E-state index is -1.36. The van der Waals surface area contributed by atoms with Gasteiger partial charge in [0.25, 0.3) is 0 Å². The number of ketones is 2. The summed E-state index contributed by atoms with van der Waals surface area (Å²) in [7, 11) is 0. The number of hydrogen-bond donors (Lipinski definition) is 2. The van der Waals surface area contributed by atoms with Crippen LogP contribution in [0.15, 0.2) is 0 Å². The van der Waals surface area contributed by atoms with Gasteiger partial charge in [-0.05, 0) is 83.1 Å². The van der Waals surface area contributed by atoms with E-state index in [1.807, 2.05) is 13.8 Å². The molecule has 0 radical (unpaired) electrons. The number of rotatable bonds is 28. The Morgan fingerprint density at radius 2 is 0.764 bits per heavy atom. The molecule has 0 rings (SSSR count). The monoisotopic (exact) mass is 792 g/mol. The summed E-state index contributed by atoms with van der Waals surface area (Å²) >= 11 is 0. The van der Waals surface area contributed by atoms with Crippen LogP contribution in [0.4, 0.5) is 0 Å². The second kappa shape index (κ2) is 22.7. The summed E-state index contributed by atoms with van der Waals surface area (Å²) in [4.78, 5) is 74.8. The van der Waals surface area contributed by atoms with Crippen molar-refractivity contribution in [3.8, 4) is 0 Å². The molecule has 0 heterocycles. The van der Waals surface area contributed by atoms with Crippen LogP contribution in [0.25, 0.3) is 0 Å². The summed E-state index contributed by atoms with van der Waals surface area (Å²) in [6.45, 7) is 21.8. The van der Waals surface area contributed by atoms with E-state index >= 15 is 0 Å². The van der Waals surface area contributed by atoms with Crippen LogP contribution in [-0.4, -0.2) is 132 Å². The lowest BCUT2D eigenvalue weighted by molar-refractivity contribution is -0.186. The minimum Gasteiger partial charge on any atom is -0.463 e. The number of ether oxygens (including phenoxy) is 8. The van der Waals surface area contributed by atoms with Crippen molar-refractivity contribution in [3.63, 3.8) is 0 Å². The first-order valence-corrected chi connectivity index (χ1v) is 18.6. The zero-order valence-electron chi connectivity index (χ0n) is 35.5. The van der Waals surface area contributed by atoms with Gasteiger partial charge in [0, 0.05) is 18.3 Å². The Morgan fingerprint density at radius 1 is 0.455 bits per heavy atom. The van der Waals surface area contributed by atoms with Gasteiger partial charge in [-0.15, -0.1) is 0 Å². The maximum atomic E-state index is 12.9. The largest absolute Gasteiger partial charge is 0.463 e. The molecule has 0 aliphatic heterocycles. The summed E-state index contributed by atoms with van der Waals surface area (Å²) in [5.41, 5.74) is -5.93. The van der Waals surface area contributed by atoms with Gasteiger partial charge in [-0.3, -0.25) is 19.2 Å². The summed E-state index contributed by atoms with van der Waals surface area (Å²) in [6, 6.07) is 0. The van der Waals surface area contributed by atoms with E-state index in [1.54, 1.807) is 69.2 Å². The molecule has 0 bridgehead atoms. The summed E-state index contributed by atoms with van der Waals surface area (Å²) < 4.78 is 44.1. The molecule has 2 N–H and O–H groups in total. The second-order valence-corrected chi connectivity index (χ2v) is 16.7. The Kier molecular flexibility index (Phi) is 21.4. The van der Waals surface area contributed by atoms with E-state index in [9.17, 15) is 39.0 Å². The third-order valence-electron chi connectivity index (χ3n) is 7.95. The van der Waals surface area contributed by atoms with Crippen molar-refractivity contribution in [3.05, 3.63) is 0 Å². The van der Waals surface area contributed by atoms with Gasteiger partial charge < -0.3 is 48.1 Å². The van der Waals surface area contributed by atoms with E-state index in [0.29, 0.717) is 0 Å². The van der Waals surface area contributed by atoms with Crippen LogP contribution in [0, 0.1) is 5.41 Å². The summed E-state index contributed by atoms with van der Waals surface area (Å²) in [6.07, 6.45) is -3.51. The normalized spacial score (nSPS) is 15.0. The predicted molar refractivity (Wildman–Crippen MR) is 199 cm³/mol. The highest BCUT2D eigenvalue weighted by molar-refractivity contribution is 5.89. The lowest BCUT2D eigenvalue weighted by Gasteiger charge is -2.33. The Bertz CT molecular complexity index is 1170. The van der Waals surface area contributed by atoms with Gasteiger partial charge in [-0.25, -0.2) is 9.59 Å². The van der Waals surface area contributed by atoms with Crippen molar-refractivity contribution >= 4 is 35.4 Å². The third kappa shape index (κ3) is 21.8. The van der Waals surface area contributed by atoms with E-state index < -0.39 is 76.1 Å². The molecule has 0 aliphatic rings. The molecule has 0 amide bonds. The average molecular weight is 793 g/mol. The van der Waals surface area contributed by atoms with Gasteiger partial charge in [0.15, 0.2) is 22.8 Å². The highest BCUT2D eigenvalue weighted by atomic mass is 16.6. The zero-order valence-corrected chi connectivity index (χ0v) is 35.5. The lowest BCUT2D eigenvalue weighted by Crippen LogP contribution is -2.45. The molecule has 0 aromatic heterocycles. The number of aliphatic hydroxyl groups is 2. The zero-order chi connectivity index (χ0) is 43.0. The quantitative estimate of drug-likeness (QED) is 0.0855. The molecular weight excluding hydrogens is 724 g/mol. The van der Waals surface area contributed by atoms with Gasteiger partial charge in [0.2, 0.25) is 0 Å². The average Bonchev–Trinajstić information content (AvgIpc) is 3.06. The summed E-state index contributed by atoms with van der Waals surface area (Å²) in [5, 5.41) is 18.4. The molecule has 320 valence electrons. The van der Waals surface area contributed by atoms with Gasteiger partial charge in [0.05, 0.1) is 50.5 Å². The molecule has 55 heavy (non-hydrogen) atoms. The fourth-order valence-corrected chi connectivity index (χ4v) is 4.45. The molecule has 0 saturated carbocycles. The van der Waals surface area contributed by atoms with Crippen LogP contribution in [0.2, 0.25) is 0 Å². The second-order valence-electron chi connectivity index (χ2n) is 16.7. The van der Waals surface area contributed by atoms with Crippen molar-refractivity contribution in [1.29, 1.82) is 0 Å². The first-order chi connectivity index (χ1) is 24.9. The van der Waals surface area contributed by atoms with Gasteiger partial charge in [-0.2, -0.15) is 0 Å². The Labute approximate surface area is 326 Å². The molecule has 0 aromatic rings. The van der Waals surface area contributed by atoms with Gasteiger partial charge in [-0.1, -0.05) is 13.8 Å². The maximum absolute atomic E-state index is 12.9. The standard InChI is InChI=1S/C39H68O16/c1-25(40)19-48-31(44)17-15-29(42)36(7,8)54-27(3)21-50-33(46)38(11,12)52-23-35(5,6)24-53-39(13,14)34(47)51-22-28(4)55-37(9,10)30(43)16-18-32(45)49-20-26(2)41/h25-28,40-41H,15-24H2,1-14H3. The van der Waals surface area contributed by atoms with Gasteiger partial charge in [0.1, 0.15) is 37.6 Å². The van der Waals surface area contributed by atoms with Crippen molar-refractivity contribution < 1.29 is 76.9 Å². The van der Waals surface area contributed by atoms with Crippen molar-refractivity contribution in [2.45, 2.75) is 169 Å². The maximum Gasteiger partial charge on any atom is 0.337 e. The van der Waals surface area contributed by atoms with Gasteiger partial charge >= 0.3 is 23.9 Å². The fourth-order valence-electron chi connectivity index (χ4n) is 4.45. The van der Waals surface area contributed by atoms with Crippen LogP contribution in [-0.2, 0) is 66.7 Å². The molecule has 0 aliphatic carbocycles. The number of aliphatic hydroxyl groups excluding tert-OH is 2. The first-order valence-electron chi connectivity index (χ1n) is 18.6. The predicted octanol–water partition coefficient (Wildman–Crippen LogP) is 3.60. The van der Waals surface area contributed by atoms with Crippen molar-refractivity contribution in [2.75, 3.05) is 39.6 Å². The molecule has 0 saturated heterocycles. The number of Topliss-reactive ketones (excluding diaryl/α,β-unsaturated/α-hetero) is 2. The number of esters is 4. The number of carbonyl (C=O) groups excluding carboxylic acids is 6. The van der Waals surface area contributed by atoms with Crippen molar-refractivity contribution in [1.82, 2.24) is 0 Å². The van der Waals surface area contributed by atoms with E-state index in [0.717, 1.165) is 0 Å². The van der Waals surface area contributed by atoms with E-state index in [2.05, 4.69) is 0 Å².